The molecule has 2 rings (SSSR count). The van der Waals surface area contributed by atoms with Crippen molar-refractivity contribution in [3.8, 4) is 0 Å². The fourth-order valence-electron chi connectivity index (χ4n) is 1.76. The Kier molecular flexibility index (Phi) is 2.09. The molecule has 0 saturated carbocycles. The van der Waals surface area contributed by atoms with Crippen LogP contribution in [0.3, 0.4) is 0 Å². The van der Waals surface area contributed by atoms with Gasteiger partial charge in [-0.3, -0.25) is 0 Å². The second kappa shape index (κ2) is 3.25. The first-order chi connectivity index (χ1) is 6.31. The van der Waals surface area contributed by atoms with E-state index in [1.54, 1.807) is 0 Å². The molecule has 0 aliphatic rings. The minimum absolute atomic E-state index is 1.12. The van der Waals surface area contributed by atoms with Crippen molar-refractivity contribution in [2.24, 2.45) is 0 Å². The highest BCUT2D eigenvalue weighted by molar-refractivity contribution is 5.80. The zero-order valence-electron chi connectivity index (χ0n) is 8.25. The highest BCUT2D eigenvalue weighted by Gasteiger charge is 1.98. The number of benzene rings is 1. The molecule has 0 N–H and O–H groups in total. The lowest BCUT2D eigenvalue weighted by molar-refractivity contribution is 0.703. The lowest BCUT2D eigenvalue weighted by Gasteiger charge is -2.02. The molecule has 2 aromatic rings. The van der Waals surface area contributed by atoms with Crippen LogP contribution in [0.1, 0.15) is 18.9 Å². The Hall–Kier alpha value is -1.24. The molecule has 0 spiro atoms. The molecular formula is C12H15N. The summed E-state index contributed by atoms with van der Waals surface area (Å²) in [5, 5.41) is 1.36. The molecule has 0 saturated heterocycles. The molecule has 1 heterocycles. The van der Waals surface area contributed by atoms with E-state index >= 15 is 0 Å². The molecule has 0 aliphatic heterocycles. The maximum atomic E-state index is 2.31. The predicted octanol–water partition coefficient (Wildman–Crippen LogP) is 3.36. The Morgan fingerprint density at radius 1 is 1.23 bits per heavy atom. The van der Waals surface area contributed by atoms with Gasteiger partial charge in [0.05, 0.1) is 0 Å². The topological polar surface area (TPSA) is 4.93 Å². The van der Waals surface area contributed by atoms with E-state index in [4.69, 9.17) is 0 Å². The number of fused-ring (bicyclic) bond motifs is 1. The van der Waals surface area contributed by atoms with Crippen LogP contribution < -0.4 is 0 Å². The van der Waals surface area contributed by atoms with E-state index in [9.17, 15) is 0 Å². The molecule has 0 atom stereocenters. The number of aromatic nitrogens is 1. The van der Waals surface area contributed by atoms with Crippen molar-refractivity contribution in [2.45, 2.75) is 26.8 Å². The molecule has 0 amide bonds. The normalized spacial score (nSPS) is 10.9. The third-order valence-corrected chi connectivity index (χ3v) is 2.39. The third kappa shape index (κ3) is 1.46. The quantitative estimate of drug-likeness (QED) is 0.656. The molecule has 13 heavy (non-hydrogen) atoms. The van der Waals surface area contributed by atoms with Crippen LogP contribution in [0, 0.1) is 6.92 Å². The van der Waals surface area contributed by atoms with Gasteiger partial charge in [0.1, 0.15) is 0 Å². The van der Waals surface area contributed by atoms with Crippen molar-refractivity contribution in [1.29, 1.82) is 0 Å². The lowest BCUT2D eigenvalue weighted by Crippen LogP contribution is -1.93. The summed E-state index contributed by atoms with van der Waals surface area (Å²) in [4.78, 5) is 0. The van der Waals surface area contributed by atoms with Crippen molar-refractivity contribution in [3.05, 3.63) is 36.0 Å². The molecule has 1 heteroatoms. The molecule has 1 aromatic heterocycles. The first-order valence-electron chi connectivity index (χ1n) is 4.87. The third-order valence-electron chi connectivity index (χ3n) is 2.39. The van der Waals surface area contributed by atoms with Crippen LogP contribution in [0.2, 0.25) is 0 Å². The molecule has 1 nitrogen and oxygen atoms in total. The van der Waals surface area contributed by atoms with Crippen molar-refractivity contribution in [1.82, 2.24) is 4.57 Å². The van der Waals surface area contributed by atoms with Gasteiger partial charge in [-0.2, -0.15) is 0 Å². The average molecular weight is 173 g/mol. The summed E-state index contributed by atoms with van der Waals surface area (Å²) in [5.74, 6) is 0. The zero-order valence-corrected chi connectivity index (χ0v) is 8.25. The molecular weight excluding hydrogens is 158 g/mol. The summed E-state index contributed by atoms with van der Waals surface area (Å²) >= 11 is 0. The number of hydrogen-bond donors (Lipinski definition) is 0. The summed E-state index contributed by atoms with van der Waals surface area (Å²) < 4.78 is 2.31. The maximum Gasteiger partial charge on any atom is 0.0480 e. The Balaban J connectivity index is 2.55. The fourth-order valence-corrected chi connectivity index (χ4v) is 1.76. The van der Waals surface area contributed by atoms with Crippen molar-refractivity contribution in [3.63, 3.8) is 0 Å². The zero-order chi connectivity index (χ0) is 9.26. The fraction of sp³-hybridized carbons (Fsp3) is 0.333. The second-order valence-electron chi connectivity index (χ2n) is 3.57. The first-order valence-corrected chi connectivity index (χ1v) is 4.87. The summed E-state index contributed by atoms with van der Waals surface area (Å²) in [6, 6.07) is 8.81. The van der Waals surface area contributed by atoms with E-state index in [1.807, 2.05) is 0 Å². The summed E-state index contributed by atoms with van der Waals surface area (Å²) in [7, 11) is 0. The maximum absolute atomic E-state index is 2.31. The van der Waals surface area contributed by atoms with Crippen LogP contribution in [0.4, 0.5) is 0 Å². The van der Waals surface area contributed by atoms with Crippen molar-refractivity contribution in [2.75, 3.05) is 0 Å². The van der Waals surface area contributed by atoms with Crippen LogP contribution in [-0.2, 0) is 6.54 Å². The minimum Gasteiger partial charge on any atom is -0.347 e. The molecule has 68 valence electrons. The number of nitrogens with zero attached hydrogens (tertiary/aromatic N) is 1. The van der Waals surface area contributed by atoms with Gasteiger partial charge >= 0.3 is 0 Å². The van der Waals surface area contributed by atoms with Crippen molar-refractivity contribution < 1.29 is 0 Å². The van der Waals surface area contributed by atoms with Gasteiger partial charge in [-0.05, 0) is 36.9 Å². The largest absolute Gasteiger partial charge is 0.347 e. The van der Waals surface area contributed by atoms with Crippen LogP contribution in [0.15, 0.2) is 30.5 Å². The van der Waals surface area contributed by atoms with Gasteiger partial charge in [-0.15, -0.1) is 0 Å². The van der Waals surface area contributed by atoms with Crippen LogP contribution >= 0.6 is 0 Å². The Labute approximate surface area is 79.0 Å². The Morgan fingerprint density at radius 3 is 2.85 bits per heavy atom. The average Bonchev–Trinajstić information content (AvgIpc) is 2.49. The molecule has 0 unspecified atom stereocenters. The Morgan fingerprint density at radius 2 is 2.08 bits per heavy atom. The number of hydrogen-bond acceptors (Lipinski definition) is 0. The summed E-state index contributed by atoms with van der Waals surface area (Å²) in [6.07, 6.45) is 3.37. The smallest absolute Gasteiger partial charge is 0.0480 e. The molecule has 0 fully saturated rings. The monoisotopic (exact) mass is 173 g/mol. The lowest BCUT2D eigenvalue weighted by atomic mass is 10.2. The molecule has 0 bridgehead atoms. The molecule has 1 aromatic carbocycles. The van der Waals surface area contributed by atoms with Crippen molar-refractivity contribution >= 4 is 10.9 Å². The molecule has 0 radical (unpaired) electrons. The van der Waals surface area contributed by atoms with Gasteiger partial charge in [0, 0.05) is 18.3 Å². The van der Waals surface area contributed by atoms with Gasteiger partial charge in [0.15, 0.2) is 0 Å². The van der Waals surface area contributed by atoms with Gasteiger partial charge in [-0.25, -0.2) is 0 Å². The number of rotatable bonds is 2. The van der Waals surface area contributed by atoms with E-state index in [0.717, 1.165) is 6.54 Å². The van der Waals surface area contributed by atoms with Gasteiger partial charge in [0.25, 0.3) is 0 Å². The van der Waals surface area contributed by atoms with E-state index in [-0.39, 0.29) is 0 Å². The second-order valence-corrected chi connectivity index (χ2v) is 3.57. The number of aryl methyl sites for hydroxylation is 2. The molecule has 0 aliphatic carbocycles. The summed E-state index contributed by atoms with van der Waals surface area (Å²) in [5.41, 5.74) is 2.69. The SMILES string of the molecule is CCCn1ccc2cc(C)ccc21. The van der Waals surface area contributed by atoms with Crippen LogP contribution in [0.5, 0.6) is 0 Å². The Bertz CT molecular complexity index is 412. The van der Waals surface area contributed by atoms with Crippen LogP contribution in [0.25, 0.3) is 10.9 Å². The van der Waals surface area contributed by atoms with E-state index in [2.05, 4.69) is 48.9 Å². The minimum atomic E-state index is 1.12. The van der Waals surface area contributed by atoms with Crippen LogP contribution in [-0.4, -0.2) is 4.57 Å². The van der Waals surface area contributed by atoms with Gasteiger partial charge < -0.3 is 4.57 Å². The van der Waals surface area contributed by atoms with E-state index in [1.165, 1.54) is 22.9 Å². The van der Waals surface area contributed by atoms with E-state index in [0.29, 0.717) is 0 Å². The standard InChI is InChI=1S/C12H15N/c1-3-7-13-8-6-11-9-10(2)4-5-12(11)13/h4-6,8-9H,3,7H2,1-2H3. The highest BCUT2D eigenvalue weighted by Crippen LogP contribution is 2.17. The first kappa shape index (κ1) is 8.36. The van der Waals surface area contributed by atoms with E-state index < -0.39 is 0 Å². The van der Waals surface area contributed by atoms with Gasteiger partial charge in [0.2, 0.25) is 0 Å². The predicted molar refractivity (Wildman–Crippen MR) is 57.0 cm³/mol. The summed E-state index contributed by atoms with van der Waals surface area (Å²) in [6.45, 7) is 5.46. The van der Waals surface area contributed by atoms with Gasteiger partial charge in [-0.1, -0.05) is 18.6 Å². The highest BCUT2D eigenvalue weighted by atomic mass is 14.9.